The Morgan fingerprint density at radius 3 is 1.58 bits per heavy atom. The van der Waals surface area contributed by atoms with Gasteiger partial charge in [0.1, 0.15) is 0 Å². The van der Waals surface area contributed by atoms with Gasteiger partial charge in [-0.05, 0) is 19.3 Å². The lowest BCUT2D eigenvalue weighted by molar-refractivity contribution is 0.910. The maximum atomic E-state index is 3.98. The predicted octanol–water partition coefficient (Wildman–Crippen LogP) is 3.85. The number of hydrogen-bond donors (Lipinski definition) is 0. The van der Waals surface area contributed by atoms with Gasteiger partial charge in [-0.3, -0.25) is 0 Å². The van der Waals surface area contributed by atoms with E-state index in [1.54, 1.807) is 0 Å². The molecule has 12 heavy (non-hydrogen) atoms. The summed E-state index contributed by atoms with van der Waals surface area (Å²) < 4.78 is 0. The molecule has 0 saturated carbocycles. The van der Waals surface area contributed by atoms with Gasteiger partial charge in [-0.2, -0.15) is 0 Å². The number of rotatable bonds is 7. The normalized spacial score (nSPS) is 9.42. The Morgan fingerprint density at radius 2 is 1.25 bits per heavy atom. The first-order chi connectivity index (χ1) is 5.76. The van der Waals surface area contributed by atoms with Crippen LogP contribution in [0.4, 0.5) is 0 Å². The molecule has 0 saturated heterocycles. The summed E-state index contributed by atoms with van der Waals surface area (Å²) in [5.41, 5.74) is 1.14. The van der Waals surface area contributed by atoms with E-state index in [1.165, 1.54) is 5.92 Å². The molecule has 0 spiro atoms. The predicted molar refractivity (Wildman–Crippen MR) is 56.8 cm³/mol. The summed E-state index contributed by atoms with van der Waals surface area (Å²) in [6.45, 7) is 15.1. The summed E-state index contributed by atoms with van der Waals surface area (Å²) in [5.74, 6) is 1.31. The summed E-state index contributed by atoms with van der Waals surface area (Å²) in [7, 11) is 0. The molecule has 0 aromatic carbocycles. The maximum absolute atomic E-state index is 3.98. The molecule has 0 amide bonds. The van der Waals surface area contributed by atoms with Crippen LogP contribution in [0.3, 0.4) is 0 Å². The van der Waals surface area contributed by atoms with E-state index in [0.717, 1.165) is 24.8 Å². The van der Waals surface area contributed by atoms with Crippen LogP contribution in [0.1, 0.15) is 19.3 Å². The van der Waals surface area contributed by atoms with E-state index in [9.17, 15) is 0 Å². The number of allylic oxidation sites excluding steroid dienone is 4. The van der Waals surface area contributed by atoms with E-state index in [0.29, 0.717) is 0 Å². The molecule has 0 fully saturated rings. The van der Waals surface area contributed by atoms with Crippen LogP contribution in [0.2, 0.25) is 0 Å². The summed E-state index contributed by atoms with van der Waals surface area (Å²) >= 11 is 0. The molecule has 0 aliphatic heterocycles. The van der Waals surface area contributed by atoms with Crippen molar-refractivity contribution < 1.29 is 0 Å². The van der Waals surface area contributed by atoms with E-state index >= 15 is 0 Å². The van der Waals surface area contributed by atoms with Crippen LogP contribution in [0.15, 0.2) is 50.1 Å². The Balaban J connectivity index is 4.06. The topological polar surface area (TPSA) is 0 Å². The summed E-state index contributed by atoms with van der Waals surface area (Å²) in [5, 5.41) is 0. The van der Waals surface area contributed by atoms with Gasteiger partial charge in [-0.15, -0.1) is 19.7 Å². The van der Waals surface area contributed by atoms with Gasteiger partial charge < -0.3 is 0 Å². The number of hydrogen-bond acceptors (Lipinski definition) is 0. The van der Waals surface area contributed by atoms with E-state index in [1.807, 2.05) is 18.2 Å². The molecular formula is C12H17. The minimum Gasteiger partial charge on any atom is -0.103 e. The fourth-order valence-electron chi connectivity index (χ4n) is 1.04. The molecule has 0 aromatic rings. The Kier molecular flexibility index (Phi) is 6.08. The Hall–Kier alpha value is -1.04. The van der Waals surface area contributed by atoms with Crippen molar-refractivity contribution in [3.05, 3.63) is 56.0 Å². The lowest BCUT2D eigenvalue weighted by Gasteiger charge is -2.13. The summed E-state index contributed by atoms with van der Waals surface area (Å²) in [4.78, 5) is 0. The Labute approximate surface area is 76.0 Å². The molecule has 0 rings (SSSR count). The minimum atomic E-state index is 0.858. The highest BCUT2D eigenvalue weighted by Gasteiger charge is 2.07. The molecule has 0 atom stereocenters. The average Bonchev–Trinajstić information content (AvgIpc) is 2.04. The second kappa shape index (κ2) is 6.66. The van der Waals surface area contributed by atoms with Gasteiger partial charge in [0.05, 0.1) is 0 Å². The highest BCUT2D eigenvalue weighted by atomic mass is 14.1. The highest BCUT2D eigenvalue weighted by molar-refractivity contribution is 5.26. The molecule has 0 heteroatoms. The highest BCUT2D eigenvalue weighted by Crippen LogP contribution is 2.23. The fraction of sp³-hybridized carbons (Fsp3) is 0.250. The maximum Gasteiger partial charge on any atom is 0.00804 e. The van der Waals surface area contributed by atoms with E-state index in [2.05, 4.69) is 26.3 Å². The van der Waals surface area contributed by atoms with Crippen molar-refractivity contribution in [3.63, 3.8) is 0 Å². The van der Waals surface area contributed by atoms with Crippen molar-refractivity contribution in [2.45, 2.75) is 19.3 Å². The second-order valence-corrected chi connectivity index (χ2v) is 2.69. The SMILES string of the molecule is C=CC[C](CC=C)C(=C)CC=C. The van der Waals surface area contributed by atoms with Crippen LogP contribution in [0.5, 0.6) is 0 Å². The molecule has 0 bridgehead atoms. The van der Waals surface area contributed by atoms with E-state index < -0.39 is 0 Å². The molecular weight excluding hydrogens is 144 g/mol. The smallest absolute Gasteiger partial charge is 0.00804 e. The van der Waals surface area contributed by atoms with Crippen molar-refractivity contribution >= 4 is 0 Å². The zero-order valence-corrected chi connectivity index (χ0v) is 7.68. The minimum absolute atomic E-state index is 0.858. The average molecular weight is 161 g/mol. The quantitative estimate of drug-likeness (QED) is 0.497. The van der Waals surface area contributed by atoms with Crippen molar-refractivity contribution in [3.8, 4) is 0 Å². The third-order valence-electron chi connectivity index (χ3n) is 1.67. The van der Waals surface area contributed by atoms with E-state index in [-0.39, 0.29) is 0 Å². The van der Waals surface area contributed by atoms with Gasteiger partial charge in [-0.1, -0.05) is 30.4 Å². The Morgan fingerprint density at radius 1 is 0.833 bits per heavy atom. The van der Waals surface area contributed by atoms with Gasteiger partial charge in [-0.25, -0.2) is 0 Å². The fourth-order valence-corrected chi connectivity index (χ4v) is 1.04. The zero-order chi connectivity index (χ0) is 9.40. The first kappa shape index (κ1) is 11.0. The largest absolute Gasteiger partial charge is 0.103 e. The van der Waals surface area contributed by atoms with Crippen LogP contribution in [-0.4, -0.2) is 0 Å². The Bertz CT molecular complexity index is 164. The van der Waals surface area contributed by atoms with Crippen LogP contribution in [0.25, 0.3) is 0 Å². The second-order valence-electron chi connectivity index (χ2n) is 2.69. The third-order valence-corrected chi connectivity index (χ3v) is 1.67. The molecule has 65 valence electrons. The molecule has 0 aliphatic carbocycles. The zero-order valence-electron chi connectivity index (χ0n) is 7.68. The first-order valence-corrected chi connectivity index (χ1v) is 4.11. The van der Waals surface area contributed by atoms with Crippen molar-refractivity contribution in [2.75, 3.05) is 0 Å². The molecule has 0 aromatic heterocycles. The molecule has 0 unspecified atom stereocenters. The monoisotopic (exact) mass is 161 g/mol. The molecule has 1 radical (unpaired) electrons. The molecule has 0 heterocycles. The van der Waals surface area contributed by atoms with Crippen LogP contribution in [-0.2, 0) is 0 Å². The molecule has 0 nitrogen and oxygen atoms in total. The van der Waals surface area contributed by atoms with Crippen molar-refractivity contribution in [1.82, 2.24) is 0 Å². The first-order valence-electron chi connectivity index (χ1n) is 4.11. The van der Waals surface area contributed by atoms with Crippen LogP contribution < -0.4 is 0 Å². The summed E-state index contributed by atoms with van der Waals surface area (Å²) in [6.07, 6.45) is 8.32. The standard InChI is InChI=1S/C12H17/c1-5-8-11(4)12(9-6-2)10-7-3/h5-7H,1-4,8-10H2. The lowest BCUT2D eigenvalue weighted by atomic mass is 9.91. The van der Waals surface area contributed by atoms with Crippen molar-refractivity contribution in [1.29, 1.82) is 0 Å². The van der Waals surface area contributed by atoms with Crippen molar-refractivity contribution in [2.24, 2.45) is 0 Å². The lowest BCUT2D eigenvalue weighted by Crippen LogP contribution is -1.97. The molecule has 0 aliphatic rings. The molecule has 0 N–H and O–H groups in total. The third kappa shape index (κ3) is 3.97. The van der Waals surface area contributed by atoms with E-state index in [4.69, 9.17) is 0 Å². The van der Waals surface area contributed by atoms with Crippen LogP contribution in [0, 0.1) is 5.92 Å². The van der Waals surface area contributed by atoms with Crippen LogP contribution >= 0.6 is 0 Å². The van der Waals surface area contributed by atoms with Gasteiger partial charge in [0.25, 0.3) is 0 Å². The summed E-state index contributed by atoms with van der Waals surface area (Å²) in [6, 6.07) is 0. The van der Waals surface area contributed by atoms with Gasteiger partial charge in [0.15, 0.2) is 0 Å². The van der Waals surface area contributed by atoms with Gasteiger partial charge in [0, 0.05) is 5.92 Å². The van der Waals surface area contributed by atoms with Gasteiger partial charge in [0.2, 0.25) is 0 Å². The van der Waals surface area contributed by atoms with Gasteiger partial charge >= 0.3 is 0 Å².